The molecule has 1 aromatic rings. The molecule has 4 rings (SSSR count). The topological polar surface area (TPSA) is 23.5 Å². The van der Waals surface area contributed by atoms with Crippen LogP contribution in [-0.2, 0) is 5.41 Å². The summed E-state index contributed by atoms with van der Waals surface area (Å²) in [4.78, 5) is 2.59. The van der Waals surface area contributed by atoms with Gasteiger partial charge in [0, 0.05) is 12.6 Å². The summed E-state index contributed by atoms with van der Waals surface area (Å²) in [6.07, 6.45) is 3.69. The Balaban J connectivity index is 1.77. The second-order valence-electron chi connectivity index (χ2n) is 7.92. The summed E-state index contributed by atoms with van der Waals surface area (Å²) in [5.74, 6) is 1.42. The van der Waals surface area contributed by atoms with Crippen LogP contribution in [-0.4, -0.2) is 29.1 Å². The van der Waals surface area contributed by atoms with E-state index < -0.39 is 0 Å². The Labute approximate surface area is 128 Å². The zero-order valence-electron chi connectivity index (χ0n) is 13.5. The third-order valence-corrected chi connectivity index (χ3v) is 6.51. The molecule has 1 aliphatic heterocycles. The molecule has 3 aliphatic rings. The lowest BCUT2D eigenvalue weighted by molar-refractivity contribution is -0.0538. The fourth-order valence-electron chi connectivity index (χ4n) is 4.75. The molecule has 114 valence electrons. The highest BCUT2D eigenvalue weighted by atomic mass is 16.3. The van der Waals surface area contributed by atoms with Gasteiger partial charge >= 0.3 is 0 Å². The second-order valence-corrected chi connectivity index (χ2v) is 7.92. The molecule has 1 N–H and O–H groups in total. The summed E-state index contributed by atoms with van der Waals surface area (Å²) in [6.45, 7) is 9.28. The number of nitrogens with zero attached hydrogens (tertiary/aromatic N) is 1. The van der Waals surface area contributed by atoms with Crippen LogP contribution < -0.4 is 0 Å². The van der Waals surface area contributed by atoms with Crippen LogP contribution in [0.3, 0.4) is 0 Å². The van der Waals surface area contributed by atoms with Crippen molar-refractivity contribution in [3.8, 4) is 0 Å². The number of rotatable bonds is 2. The predicted molar refractivity (Wildman–Crippen MR) is 85.4 cm³/mol. The first-order chi connectivity index (χ1) is 10.0. The van der Waals surface area contributed by atoms with Gasteiger partial charge in [-0.3, -0.25) is 4.90 Å². The maximum Gasteiger partial charge on any atom is 0.0950 e. The lowest BCUT2D eigenvalue weighted by Gasteiger charge is -2.56. The molecule has 1 heterocycles. The van der Waals surface area contributed by atoms with Crippen LogP contribution in [0.15, 0.2) is 18.2 Å². The molecule has 2 nitrogen and oxygen atoms in total. The Kier molecular flexibility index (Phi) is 3.00. The largest absolute Gasteiger partial charge is 0.387 e. The van der Waals surface area contributed by atoms with E-state index in [1.807, 2.05) is 0 Å². The van der Waals surface area contributed by atoms with Crippen molar-refractivity contribution in [2.24, 2.45) is 11.8 Å². The first-order valence-corrected chi connectivity index (χ1v) is 8.54. The van der Waals surface area contributed by atoms with Gasteiger partial charge in [0.1, 0.15) is 0 Å². The van der Waals surface area contributed by atoms with Crippen LogP contribution in [0, 0.1) is 18.8 Å². The van der Waals surface area contributed by atoms with Crippen molar-refractivity contribution >= 4 is 0 Å². The molecular weight excluding hydrogens is 258 g/mol. The van der Waals surface area contributed by atoms with Gasteiger partial charge in [-0.1, -0.05) is 37.6 Å². The van der Waals surface area contributed by atoms with Gasteiger partial charge in [-0.25, -0.2) is 0 Å². The lowest BCUT2D eigenvalue weighted by Crippen LogP contribution is -2.59. The highest BCUT2D eigenvalue weighted by Gasteiger charge is 2.52. The number of aliphatic hydroxyl groups is 1. The molecular formula is C19H27NO. The van der Waals surface area contributed by atoms with Crippen molar-refractivity contribution in [2.45, 2.75) is 57.6 Å². The van der Waals surface area contributed by atoms with Gasteiger partial charge in [-0.2, -0.15) is 0 Å². The Bertz CT molecular complexity index is 565. The maximum atomic E-state index is 11.0. The van der Waals surface area contributed by atoms with E-state index in [1.165, 1.54) is 42.5 Å². The number of likely N-dealkylation sites (tertiary alicyclic amines) is 1. The number of piperidine rings is 1. The molecule has 2 fully saturated rings. The van der Waals surface area contributed by atoms with Crippen LogP contribution in [0.5, 0.6) is 0 Å². The molecule has 21 heavy (non-hydrogen) atoms. The second kappa shape index (κ2) is 4.57. The maximum absolute atomic E-state index is 11.0. The molecule has 0 amide bonds. The van der Waals surface area contributed by atoms with E-state index in [0.29, 0.717) is 12.0 Å². The van der Waals surface area contributed by atoms with Gasteiger partial charge in [0.25, 0.3) is 0 Å². The van der Waals surface area contributed by atoms with E-state index in [2.05, 4.69) is 43.9 Å². The van der Waals surface area contributed by atoms with E-state index in [1.54, 1.807) is 0 Å². The van der Waals surface area contributed by atoms with Crippen LogP contribution in [0.2, 0.25) is 0 Å². The first kappa shape index (κ1) is 13.8. The van der Waals surface area contributed by atoms with Crippen LogP contribution >= 0.6 is 0 Å². The summed E-state index contributed by atoms with van der Waals surface area (Å²) >= 11 is 0. The Morgan fingerprint density at radius 1 is 1.33 bits per heavy atom. The smallest absolute Gasteiger partial charge is 0.0950 e. The van der Waals surface area contributed by atoms with Gasteiger partial charge in [-0.05, 0) is 61.1 Å². The molecule has 1 saturated heterocycles. The molecule has 0 aromatic heterocycles. The molecule has 0 unspecified atom stereocenters. The summed E-state index contributed by atoms with van der Waals surface area (Å²) < 4.78 is 0. The minimum absolute atomic E-state index is 0.227. The molecule has 0 radical (unpaired) electrons. The Morgan fingerprint density at radius 3 is 2.81 bits per heavy atom. The van der Waals surface area contributed by atoms with Crippen LogP contribution in [0.4, 0.5) is 0 Å². The highest BCUT2D eigenvalue weighted by Crippen LogP contribution is 2.52. The average Bonchev–Trinajstić information content (AvgIpc) is 3.25. The van der Waals surface area contributed by atoms with Gasteiger partial charge < -0.3 is 5.11 Å². The minimum Gasteiger partial charge on any atom is -0.387 e. The molecule has 4 atom stereocenters. The number of aryl methyl sites for hydroxylation is 1. The molecule has 2 aliphatic carbocycles. The number of fused-ring (bicyclic) bond motifs is 4. The molecule has 2 heteroatoms. The SMILES string of the molecule is Cc1ccc2c(c1)[C@]1(C)CCN(CC3CC3)[C@H]([C@@H]2O)[C@@H]1C. The lowest BCUT2D eigenvalue weighted by atomic mass is 9.58. The van der Waals surface area contributed by atoms with Gasteiger partial charge in [0.15, 0.2) is 0 Å². The van der Waals surface area contributed by atoms with Crippen molar-refractivity contribution in [2.75, 3.05) is 13.1 Å². The average molecular weight is 285 g/mol. The fraction of sp³-hybridized carbons (Fsp3) is 0.684. The Hall–Kier alpha value is -0.860. The van der Waals surface area contributed by atoms with Crippen LogP contribution in [0.25, 0.3) is 0 Å². The zero-order chi connectivity index (χ0) is 14.8. The first-order valence-electron chi connectivity index (χ1n) is 8.54. The summed E-state index contributed by atoms with van der Waals surface area (Å²) in [5.41, 5.74) is 4.13. The minimum atomic E-state index is -0.317. The normalized spacial score (nSPS) is 39.1. The number of benzene rings is 1. The van der Waals surface area contributed by atoms with Crippen LogP contribution in [0.1, 0.15) is 55.9 Å². The zero-order valence-corrected chi connectivity index (χ0v) is 13.5. The third kappa shape index (κ3) is 1.99. The summed E-state index contributed by atoms with van der Waals surface area (Å²) in [6, 6.07) is 6.96. The molecule has 2 bridgehead atoms. The molecule has 0 spiro atoms. The van der Waals surface area contributed by atoms with Crippen molar-refractivity contribution in [1.29, 1.82) is 0 Å². The third-order valence-electron chi connectivity index (χ3n) is 6.51. The quantitative estimate of drug-likeness (QED) is 0.900. The molecule has 1 saturated carbocycles. The van der Waals surface area contributed by atoms with E-state index >= 15 is 0 Å². The van der Waals surface area contributed by atoms with E-state index in [-0.39, 0.29) is 11.5 Å². The van der Waals surface area contributed by atoms with E-state index in [4.69, 9.17) is 0 Å². The van der Waals surface area contributed by atoms with Gasteiger partial charge in [0.2, 0.25) is 0 Å². The Morgan fingerprint density at radius 2 is 2.10 bits per heavy atom. The van der Waals surface area contributed by atoms with E-state index in [9.17, 15) is 5.11 Å². The van der Waals surface area contributed by atoms with E-state index in [0.717, 1.165) is 12.5 Å². The van der Waals surface area contributed by atoms with Crippen molar-refractivity contribution in [3.05, 3.63) is 34.9 Å². The highest BCUT2D eigenvalue weighted by molar-refractivity contribution is 5.43. The molecule has 1 aromatic carbocycles. The van der Waals surface area contributed by atoms with Crippen molar-refractivity contribution in [3.63, 3.8) is 0 Å². The number of hydrogen-bond donors (Lipinski definition) is 1. The number of aliphatic hydroxyl groups excluding tert-OH is 1. The van der Waals surface area contributed by atoms with Gasteiger partial charge in [-0.15, -0.1) is 0 Å². The fourth-order valence-corrected chi connectivity index (χ4v) is 4.75. The summed E-state index contributed by atoms with van der Waals surface area (Å²) in [5, 5.41) is 11.0. The monoisotopic (exact) mass is 285 g/mol. The number of hydrogen-bond acceptors (Lipinski definition) is 2. The standard InChI is InChI=1S/C19H27NO/c1-12-4-7-15-16(10-12)19(3)8-9-20(11-14-5-6-14)17(13(19)2)18(15)21/h4,7,10,13-14,17-18,21H,5-6,8-9,11H2,1-3H3/t13-,17-,18+,19+/m0/s1. The van der Waals surface area contributed by atoms with Crippen molar-refractivity contribution in [1.82, 2.24) is 4.90 Å². The van der Waals surface area contributed by atoms with Crippen molar-refractivity contribution < 1.29 is 5.11 Å². The predicted octanol–water partition coefficient (Wildman–Crippen LogP) is 3.42. The summed E-state index contributed by atoms with van der Waals surface area (Å²) in [7, 11) is 0. The van der Waals surface area contributed by atoms with Gasteiger partial charge in [0.05, 0.1) is 6.10 Å².